The molecular weight excluding hydrogens is 248 g/mol. The lowest BCUT2D eigenvalue weighted by molar-refractivity contribution is 0.615. The van der Waals surface area contributed by atoms with E-state index >= 15 is 0 Å². The third-order valence-corrected chi connectivity index (χ3v) is 3.05. The van der Waals surface area contributed by atoms with Gasteiger partial charge in [0.1, 0.15) is 5.82 Å². The molecule has 0 aliphatic carbocycles. The minimum Gasteiger partial charge on any atom is -0.329 e. The van der Waals surface area contributed by atoms with Gasteiger partial charge in [-0.15, -0.1) is 0 Å². The Kier molecular flexibility index (Phi) is 4.73. The highest BCUT2D eigenvalue weighted by Gasteiger charge is 2.05. The van der Waals surface area contributed by atoms with E-state index in [-0.39, 0.29) is 0 Å². The number of halogens is 1. The second-order valence-corrected chi connectivity index (χ2v) is 4.52. The molecule has 2 rings (SSSR count). The number of pyridine rings is 1. The third kappa shape index (κ3) is 3.31. The lowest BCUT2D eigenvalue weighted by atomic mass is 10.2. The molecule has 0 unspecified atom stereocenters. The van der Waals surface area contributed by atoms with Crippen LogP contribution in [0.3, 0.4) is 0 Å². The Bertz CT molecular complexity index is 495. The van der Waals surface area contributed by atoms with Crippen LogP contribution in [0, 0.1) is 0 Å². The van der Waals surface area contributed by atoms with Crippen molar-refractivity contribution in [1.82, 2.24) is 19.9 Å². The van der Waals surface area contributed by atoms with Crippen LogP contribution < -0.4 is 5.32 Å². The van der Waals surface area contributed by atoms with Gasteiger partial charge in [0.15, 0.2) is 0 Å². The van der Waals surface area contributed by atoms with E-state index in [0.29, 0.717) is 5.02 Å². The van der Waals surface area contributed by atoms with Crippen molar-refractivity contribution >= 4 is 11.6 Å². The van der Waals surface area contributed by atoms with Crippen molar-refractivity contribution in [1.29, 1.82) is 0 Å². The van der Waals surface area contributed by atoms with E-state index in [1.165, 1.54) is 0 Å². The van der Waals surface area contributed by atoms with Crippen LogP contribution in [0.1, 0.15) is 24.7 Å². The van der Waals surface area contributed by atoms with Crippen molar-refractivity contribution in [3.8, 4) is 0 Å². The number of rotatable bonds is 6. The molecule has 4 nitrogen and oxygen atoms in total. The molecule has 0 saturated heterocycles. The van der Waals surface area contributed by atoms with Gasteiger partial charge in [0.25, 0.3) is 0 Å². The number of hydrogen-bond donors (Lipinski definition) is 1. The van der Waals surface area contributed by atoms with Crippen LogP contribution in [0.5, 0.6) is 0 Å². The molecule has 0 spiro atoms. The topological polar surface area (TPSA) is 42.7 Å². The Labute approximate surface area is 112 Å². The summed E-state index contributed by atoms with van der Waals surface area (Å²) in [6.45, 7) is 4.66. The van der Waals surface area contributed by atoms with Crippen LogP contribution in [0.4, 0.5) is 0 Å². The molecule has 0 atom stereocenters. The van der Waals surface area contributed by atoms with Gasteiger partial charge in [0, 0.05) is 24.8 Å². The van der Waals surface area contributed by atoms with Crippen molar-refractivity contribution in [2.24, 2.45) is 0 Å². The highest BCUT2D eigenvalue weighted by molar-refractivity contribution is 6.31. The maximum absolute atomic E-state index is 6.11. The van der Waals surface area contributed by atoms with Crippen LogP contribution in [0.25, 0.3) is 0 Å². The largest absolute Gasteiger partial charge is 0.329 e. The first-order chi connectivity index (χ1) is 8.81. The number of aromatic nitrogens is 3. The molecule has 0 bridgehead atoms. The predicted octanol–water partition coefficient (Wildman–Crippen LogP) is 2.48. The summed E-state index contributed by atoms with van der Waals surface area (Å²) in [4.78, 5) is 8.34. The van der Waals surface area contributed by atoms with Gasteiger partial charge in [-0.05, 0) is 24.6 Å². The van der Waals surface area contributed by atoms with E-state index in [9.17, 15) is 0 Å². The number of nitrogens with zero attached hydrogens (tertiary/aromatic N) is 3. The molecular formula is C13H17ClN4. The zero-order chi connectivity index (χ0) is 12.8. The lowest BCUT2D eigenvalue weighted by Gasteiger charge is -2.09. The van der Waals surface area contributed by atoms with Gasteiger partial charge in [0.2, 0.25) is 0 Å². The summed E-state index contributed by atoms with van der Waals surface area (Å²) in [5.74, 6) is 1.02. The fourth-order valence-electron chi connectivity index (χ4n) is 1.74. The molecule has 0 fully saturated rings. The van der Waals surface area contributed by atoms with E-state index in [4.69, 9.17) is 11.6 Å². The van der Waals surface area contributed by atoms with Crippen molar-refractivity contribution in [2.45, 2.75) is 26.4 Å². The van der Waals surface area contributed by atoms with E-state index in [1.54, 1.807) is 12.4 Å². The van der Waals surface area contributed by atoms with Crippen molar-refractivity contribution in [3.05, 3.63) is 47.3 Å². The summed E-state index contributed by atoms with van der Waals surface area (Å²) in [6.07, 6.45) is 8.34. The maximum atomic E-state index is 6.11. The molecule has 0 amide bonds. The number of imidazole rings is 1. The monoisotopic (exact) mass is 264 g/mol. The summed E-state index contributed by atoms with van der Waals surface area (Å²) in [7, 11) is 0. The Balaban J connectivity index is 2.05. The summed E-state index contributed by atoms with van der Waals surface area (Å²) in [6, 6.07) is 1.94. The summed E-state index contributed by atoms with van der Waals surface area (Å²) in [5.41, 5.74) is 1.06. The molecule has 0 radical (unpaired) electrons. The zero-order valence-corrected chi connectivity index (χ0v) is 11.2. The highest BCUT2D eigenvalue weighted by atomic mass is 35.5. The Hall–Kier alpha value is -1.39. The van der Waals surface area contributed by atoms with Crippen LogP contribution in [0.2, 0.25) is 5.02 Å². The molecule has 0 saturated carbocycles. The number of nitrogens with one attached hydrogen (secondary N) is 1. The Morgan fingerprint density at radius 3 is 3.06 bits per heavy atom. The SMILES string of the molecule is CCCNCc1nccn1Cc1ccncc1Cl. The minimum atomic E-state index is 0.693. The van der Waals surface area contributed by atoms with Crippen molar-refractivity contribution in [3.63, 3.8) is 0 Å². The van der Waals surface area contributed by atoms with E-state index in [1.807, 2.05) is 18.5 Å². The fraction of sp³-hybridized carbons (Fsp3) is 0.385. The lowest BCUT2D eigenvalue weighted by Crippen LogP contribution is -2.18. The predicted molar refractivity (Wildman–Crippen MR) is 72.6 cm³/mol. The molecule has 2 aromatic heterocycles. The first-order valence-electron chi connectivity index (χ1n) is 6.10. The Morgan fingerprint density at radius 1 is 1.39 bits per heavy atom. The summed E-state index contributed by atoms with van der Waals surface area (Å²) < 4.78 is 2.10. The van der Waals surface area contributed by atoms with E-state index < -0.39 is 0 Å². The van der Waals surface area contributed by atoms with Gasteiger partial charge < -0.3 is 9.88 Å². The highest BCUT2D eigenvalue weighted by Crippen LogP contribution is 2.15. The molecule has 2 aromatic rings. The first-order valence-corrected chi connectivity index (χ1v) is 6.48. The Morgan fingerprint density at radius 2 is 2.28 bits per heavy atom. The zero-order valence-electron chi connectivity index (χ0n) is 10.4. The molecule has 18 heavy (non-hydrogen) atoms. The van der Waals surface area contributed by atoms with Gasteiger partial charge in [0.05, 0.1) is 18.1 Å². The summed E-state index contributed by atoms with van der Waals surface area (Å²) in [5, 5.41) is 4.04. The normalized spacial score (nSPS) is 10.8. The second-order valence-electron chi connectivity index (χ2n) is 4.12. The quantitative estimate of drug-likeness (QED) is 0.815. The average molecular weight is 265 g/mol. The van der Waals surface area contributed by atoms with Crippen LogP contribution in [-0.4, -0.2) is 21.1 Å². The van der Waals surface area contributed by atoms with Gasteiger partial charge >= 0.3 is 0 Å². The first kappa shape index (κ1) is 13.1. The molecule has 5 heteroatoms. The molecule has 1 N–H and O–H groups in total. The van der Waals surface area contributed by atoms with Gasteiger partial charge in [-0.3, -0.25) is 4.98 Å². The van der Waals surface area contributed by atoms with Gasteiger partial charge in [-0.25, -0.2) is 4.98 Å². The van der Waals surface area contributed by atoms with E-state index in [2.05, 4.69) is 26.8 Å². The molecule has 96 valence electrons. The standard InChI is InChI=1S/C13H17ClN4/c1-2-4-15-9-13-17-6-7-18(13)10-11-3-5-16-8-12(11)14/h3,5-8,15H,2,4,9-10H2,1H3. The maximum Gasteiger partial charge on any atom is 0.122 e. The van der Waals surface area contributed by atoms with Gasteiger partial charge in [-0.2, -0.15) is 0 Å². The smallest absolute Gasteiger partial charge is 0.122 e. The van der Waals surface area contributed by atoms with Crippen LogP contribution in [-0.2, 0) is 13.1 Å². The van der Waals surface area contributed by atoms with Gasteiger partial charge in [-0.1, -0.05) is 18.5 Å². The third-order valence-electron chi connectivity index (χ3n) is 2.71. The molecule has 2 heterocycles. The fourth-order valence-corrected chi connectivity index (χ4v) is 1.92. The second kappa shape index (κ2) is 6.52. The van der Waals surface area contributed by atoms with E-state index in [0.717, 1.165) is 37.4 Å². The van der Waals surface area contributed by atoms with Crippen molar-refractivity contribution < 1.29 is 0 Å². The summed E-state index contributed by atoms with van der Waals surface area (Å²) >= 11 is 6.11. The van der Waals surface area contributed by atoms with Crippen molar-refractivity contribution in [2.75, 3.05) is 6.54 Å². The van der Waals surface area contributed by atoms with Crippen LogP contribution >= 0.6 is 11.6 Å². The molecule has 0 aliphatic rings. The molecule has 0 aliphatic heterocycles. The number of hydrogen-bond acceptors (Lipinski definition) is 3. The average Bonchev–Trinajstić information content (AvgIpc) is 2.80. The molecule has 0 aromatic carbocycles. The van der Waals surface area contributed by atoms with Crippen LogP contribution in [0.15, 0.2) is 30.9 Å². The minimum absolute atomic E-state index is 0.693.